The summed E-state index contributed by atoms with van der Waals surface area (Å²) in [6.45, 7) is 0.825. The van der Waals surface area contributed by atoms with Gasteiger partial charge in [0.1, 0.15) is 5.75 Å². The van der Waals surface area contributed by atoms with Crippen LogP contribution < -0.4 is 0 Å². The van der Waals surface area contributed by atoms with Crippen LogP contribution in [0.25, 0.3) is 0 Å². The van der Waals surface area contributed by atoms with E-state index >= 15 is 0 Å². The van der Waals surface area contributed by atoms with E-state index in [4.69, 9.17) is 4.74 Å². The predicted octanol–water partition coefficient (Wildman–Crippen LogP) is 3.36. The van der Waals surface area contributed by atoms with Gasteiger partial charge in [-0.3, -0.25) is 0 Å². The van der Waals surface area contributed by atoms with E-state index in [-0.39, 0.29) is 0 Å². The first-order valence-electron chi connectivity index (χ1n) is 7.53. The maximum Gasteiger partial charge on any atom is 0.115 e. The largest absolute Gasteiger partial charge is 0.508 e. The second-order valence-corrected chi connectivity index (χ2v) is 5.91. The van der Waals surface area contributed by atoms with E-state index in [0.29, 0.717) is 23.6 Å². The fourth-order valence-electron chi connectivity index (χ4n) is 3.53. The molecule has 3 rings (SSSR count). The number of methoxy groups -OCH3 is 1. The smallest absolute Gasteiger partial charge is 0.115 e. The monoisotopic (exact) mass is 286 g/mol. The summed E-state index contributed by atoms with van der Waals surface area (Å²) < 4.78 is 7.57. The summed E-state index contributed by atoms with van der Waals surface area (Å²) in [5.41, 5.74) is 1.28. The number of hydrogen-bond donors (Lipinski definition) is 1. The summed E-state index contributed by atoms with van der Waals surface area (Å²) in [5.74, 6) is 1.37. The second-order valence-electron chi connectivity index (χ2n) is 5.91. The molecule has 21 heavy (non-hydrogen) atoms. The minimum atomic E-state index is 0.321. The fraction of sp³-hybridized carbons (Fsp3) is 0.471. The molecule has 4 nitrogen and oxygen atoms in total. The molecule has 0 aliphatic heterocycles. The zero-order chi connectivity index (χ0) is 14.7. The third kappa shape index (κ3) is 3.10. The molecule has 1 heterocycles. The van der Waals surface area contributed by atoms with Crippen LogP contribution in [0.3, 0.4) is 0 Å². The van der Waals surface area contributed by atoms with Gasteiger partial charge in [0.15, 0.2) is 0 Å². The highest BCUT2D eigenvalue weighted by atomic mass is 16.5. The van der Waals surface area contributed by atoms with E-state index in [1.54, 1.807) is 19.2 Å². The molecule has 4 heteroatoms. The molecule has 1 unspecified atom stereocenters. The molecular weight excluding hydrogens is 264 g/mol. The Kier molecular flexibility index (Phi) is 4.25. The normalized spacial score (nSPS) is 25.9. The molecule has 0 spiro atoms. The Balaban J connectivity index is 1.87. The molecule has 1 aliphatic carbocycles. The van der Waals surface area contributed by atoms with Crippen LogP contribution in [0.15, 0.2) is 43.0 Å². The van der Waals surface area contributed by atoms with Crippen molar-refractivity contribution in [2.24, 2.45) is 5.92 Å². The molecule has 0 bridgehead atoms. The van der Waals surface area contributed by atoms with E-state index in [1.165, 1.54) is 12.0 Å². The SMILES string of the molecule is COC[C@H]1CC[C@H](n2ccnc2)C(c2ccc(O)cc2)C1. The van der Waals surface area contributed by atoms with Gasteiger partial charge in [-0.05, 0) is 42.9 Å². The third-order valence-corrected chi connectivity index (χ3v) is 4.55. The quantitative estimate of drug-likeness (QED) is 0.937. The molecule has 1 aliphatic rings. The van der Waals surface area contributed by atoms with Crippen molar-refractivity contribution < 1.29 is 9.84 Å². The van der Waals surface area contributed by atoms with E-state index in [1.807, 2.05) is 24.7 Å². The Bertz CT molecular complexity index is 551. The van der Waals surface area contributed by atoms with Crippen LogP contribution in [-0.2, 0) is 4.74 Å². The maximum absolute atomic E-state index is 9.51. The van der Waals surface area contributed by atoms with Crippen LogP contribution >= 0.6 is 0 Å². The van der Waals surface area contributed by atoms with Crippen LogP contribution in [0, 0.1) is 5.92 Å². The Labute approximate surface area is 125 Å². The highest BCUT2D eigenvalue weighted by molar-refractivity contribution is 5.29. The maximum atomic E-state index is 9.51. The Hall–Kier alpha value is -1.81. The lowest BCUT2D eigenvalue weighted by atomic mass is 9.75. The first-order chi connectivity index (χ1) is 10.3. The third-order valence-electron chi connectivity index (χ3n) is 4.55. The highest BCUT2D eigenvalue weighted by Gasteiger charge is 2.32. The van der Waals surface area contributed by atoms with Crippen molar-refractivity contribution in [2.45, 2.75) is 31.2 Å². The van der Waals surface area contributed by atoms with Crippen LogP contribution in [0.4, 0.5) is 0 Å². The van der Waals surface area contributed by atoms with Crippen LogP contribution in [-0.4, -0.2) is 28.4 Å². The number of rotatable bonds is 4. The molecule has 1 saturated carbocycles. The molecule has 3 atom stereocenters. The van der Waals surface area contributed by atoms with Gasteiger partial charge in [-0.2, -0.15) is 0 Å². The first kappa shape index (κ1) is 14.1. The van der Waals surface area contributed by atoms with Gasteiger partial charge in [-0.25, -0.2) is 4.98 Å². The number of nitrogens with zero attached hydrogens (tertiary/aromatic N) is 2. The van der Waals surface area contributed by atoms with Crippen LogP contribution in [0.5, 0.6) is 5.75 Å². The Morgan fingerprint density at radius 3 is 2.76 bits per heavy atom. The molecular formula is C17H22N2O2. The Morgan fingerprint density at radius 2 is 2.10 bits per heavy atom. The molecule has 112 valence electrons. The topological polar surface area (TPSA) is 47.3 Å². The summed E-state index contributed by atoms with van der Waals surface area (Å²) in [7, 11) is 1.78. The van der Waals surface area contributed by atoms with E-state index < -0.39 is 0 Å². The van der Waals surface area contributed by atoms with Gasteiger partial charge in [-0.15, -0.1) is 0 Å². The number of aromatic hydroxyl groups is 1. The van der Waals surface area contributed by atoms with Crippen molar-refractivity contribution in [1.82, 2.24) is 9.55 Å². The van der Waals surface area contributed by atoms with Gasteiger partial charge in [0.05, 0.1) is 6.33 Å². The van der Waals surface area contributed by atoms with E-state index in [0.717, 1.165) is 19.4 Å². The average Bonchev–Trinajstić information content (AvgIpc) is 3.02. The molecule has 0 amide bonds. The summed E-state index contributed by atoms with van der Waals surface area (Å²) >= 11 is 0. The molecule has 1 N–H and O–H groups in total. The van der Waals surface area contributed by atoms with Gasteiger partial charge in [0.25, 0.3) is 0 Å². The number of phenols is 1. The lowest BCUT2D eigenvalue weighted by Crippen LogP contribution is -2.27. The standard InChI is InChI=1S/C17H22N2O2/c1-21-11-13-2-7-17(19-9-8-18-12-19)16(10-13)14-3-5-15(20)6-4-14/h3-6,8-9,12-13,16-17,20H,2,7,10-11H2,1H3/t13-,16?,17-/m0/s1. The van der Waals surface area contributed by atoms with Gasteiger partial charge in [-0.1, -0.05) is 12.1 Å². The van der Waals surface area contributed by atoms with Gasteiger partial charge in [0.2, 0.25) is 0 Å². The molecule has 0 radical (unpaired) electrons. The molecule has 1 aromatic heterocycles. The van der Waals surface area contributed by atoms with Crippen molar-refractivity contribution >= 4 is 0 Å². The van der Waals surface area contributed by atoms with Gasteiger partial charge < -0.3 is 14.4 Å². The lowest BCUT2D eigenvalue weighted by molar-refractivity contribution is 0.110. The summed E-state index contributed by atoms with van der Waals surface area (Å²) in [6.07, 6.45) is 9.24. The number of hydrogen-bond acceptors (Lipinski definition) is 3. The second kappa shape index (κ2) is 6.31. The number of ether oxygens (including phenoxy) is 1. The highest BCUT2D eigenvalue weighted by Crippen LogP contribution is 2.43. The van der Waals surface area contributed by atoms with Crippen molar-refractivity contribution in [3.8, 4) is 5.75 Å². The summed E-state index contributed by atoms with van der Waals surface area (Å²) in [5, 5.41) is 9.51. The fourth-order valence-corrected chi connectivity index (χ4v) is 3.53. The Morgan fingerprint density at radius 1 is 1.29 bits per heavy atom. The number of aromatic nitrogens is 2. The minimum Gasteiger partial charge on any atom is -0.508 e. The number of imidazole rings is 1. The van der Waals surface area contributed by atoms with Crippen molar-refractivity contribution in [2.75, 3.05) is 13.7 Å². The predicted molar refractivity (Wildman–Crippen MR) is 81.3 cm³/mol. The summed E-state index contributed by atoms with van der Waals surface area (Å²) in [4.78, 5) is 4.19. The van der Waals surface area contributed by atoms with E-state index in [9.17, 15) is 5.11 Å². The van der Waals surface area contributed by atoms with Crippen LogP contribution in [0.2, 0.25) is 0 Å². The van der Waals surface area contributed by atoms with Gasteiger partial charge >= 0.3 is 0 Å². The van der Waals surface area contributed by atoms with Crippen molar-refractivity contribution in [1.29, 1.82) is 0 Å². The van der Waals surface area contributed by atoms with E-state index in [2.05, 4.69) is 15.7 Å². The molecule has 1 fully saturated rings. The number of benzene rings is 1. The molecule has 1 aromatic carbocycles. The van der Waals surface area contributed by atoms with Crippen LogP contribution in [0.1, 0.15) is 36.8 Å². The number of phenolic OH excluding ortho intramolecular Hbond substituents is 1. The minimum absolute atomic E-state index is 0.321. The molecule has 2 aromatic rings. The summed E-state index contributed by atoms with van der Waals surface area (Å²) in [6, 6.07) is 8.07. The van der Waals surface area contributed by atoms with Crippen molar-refractivity contribution in [3.63, 3.8) is 0 Å². The zero-order valence-electron chi connectivity index (χ0n) is 12.4. The molecule has 0 saturated heterocycles. The first-order valence-corrected chi connectivity index (χ1v) is 7.53. The van der Waals surface area contributed by atoms with Crippen molar-refractivity contribution in [3.05, 3.63) is 48.5 Å². The lowest BCUT2D eigenvalue weighted by Gasteiger charge is -2.37. The zero-order valence-corrected chi connectivity index (χ0v) is 12.4. The average molecular weight is 286 g/mol. The van der Waals surface area contributed by atoms with Gasteiger partial charge in [0, 0.05) is 38.1 Å².